The highest BCUT2D eigenvalue weighted by Crippen LogP contribution is 2.48. The van der Waals surface area contributed by atoms with Gasteiger partial charge in [-0.1, -0.05) is 64.5 Å². The van der Waals surface area contributed by atoms with Gasteiger partial charge in [-0.2, -0.15) is 0 Å². The van der Waals surface area contributed by atoms with Crippen molar-refractivity contribution in [1.29, 1.82) is 0 Å². The Bertz CT molecular complexity index is 786. The van der Waals surface area contributed by atoms with E-state index in [4.69, 9.17) is 14.2 Å². The summed E-state index contributed by atoms with van der Waals surface area (Å²) in [5, 5.41) is 2.41. The van der Waals surface area contributed by atoms with Crippen LogP contribution in [0.2, 0.25) is 0 Å². The van der Waals surface area contributed by atoms with E-state index in [0.29, 0.717) is 0 Å². The molecule has 2 aromatic carbocycles. The normalized spacial score (nSPS) is 19.1. The molecule has 2 heterocycles. The molecule has 2 aliphatic rings. The monoisotopic (exact) mass is 394 g/mol. The van der Waals surface area contributed by atoms with E-state index in [2.05, 4.69) is 50.3 Å². The first-order valence-corrected chi connectivity index (χ1v) is 11.5. The Morgan fingerprint density at radius 2 is 1.14 bits per heavy atom. The van der Waals surface area contributed by atoms with Crippen molar-refractivity contribution in [2.45, 2.75) is 77.4 Å². The van der Waals surface area contributed by atoms with Crippen molar-refractivity contribution in [1.82, 2.24) is 0 Å². The van der Waals surface area contributed by atoms with E-state index < -0.39 is 0 Å². The van der Waals surface area contributed by atoms with Gasteiger partial charge < -0.3 is 14.2 Å². The Kier molecular flexibility index (Phi) is 6.76. The van der Waals surface area contributed by atoms with Gasteiger partial charge >= 0.3 is 0 Å². The van der Waals surface area contributed by atoms with E-state index >= 15 is 0 Å². The highest BCUT2D eigenvalue weighted by molar-refractivity contribution is 5.88. The summed E-state index contributed by atoms with van der Waals surface area (Å²) in [7, 11) is 0. The summed E-state index contributed by atoms with van der Waals surface area (Å²) in [6.07, 6.45) is 14.2. The van der Waals surface area contributed by atoms with Crippen LogP contribution in [0, 0.1) is 0 Å². The van der Waals surface area contributed by atoms with Gasteiger partial charge in [-0.25, -0.2) is 0 Å². The van der Waals surface area contributed by atoms with Gasteiger partial charge in [-0.3, -0.25) is 0 Å². The number of hydrogen-bond donors (Lipinski definition) is 0. The van der Waals surface area contributed by atoms with Crippen molar-refractivity contribution >= 4 is 10.8 Å². The number of unbranched alkanes of at least 4 members (excludes halogenated alkanes) is 6. The fourth-order valence-electron chi connectivity index (χ4n) is 4.29. The van der Waals surface area contributed by atoms with Crippen molar-refractivity contribution in [3.63, 3.8) is 0 Å². The maximum absolute atomic E-state index is 6.18. The molecule has 2 unspecified atom stereocenters. The molecule has 0 aliphatic carbocycles. The van der Waals surface area contributed by atoms with Gasteiger partial charge in [-0.15, -0.1) is 0 Å². The fourth-order valence-corrected chi connectivity index (χ4v) is 4.29. The van der Waals surface area contributed by atoms with Crippen LogP contribution in [0.25, 0.3) is 10.8 Å². The molecule has 0 saturated heterocycles. The van der Waals surface area contributed by atoms with Crippen LogP contribution in [0.5, 0.6) is 11.5 Å². The highest BCUT2D eigenvalue weighted by atomic mass is 16.5. The molecule has 2 bridgehead atoms. The quantitative estimate of drug-likeness (QED) is 0.276. The lowest BCUT2D eigenvalue weighted by Crippen LogP contribution is -2.03. The molecule has 0 N–H and O–H groups in total. The molecule has 4 rings (SSSR count). The first kappa shape index (κ1) is 20.3. The molecule has 0 saturated carbocycles. The van der Waals surface area contributed by atoms with Crippen molar-refractivity contribution in [2.24, 2.45) is 0 Å². The van der Waals surface area contributed by atoms with E-state index in [-0.39, 0.29) is 12.2 Å². The van der Waals surface area contributed by atoms with Crippen LogP contribution in [0.15, 0.2) is 36.4 Å². The largest absolute Gasteiger partial charge is 0.490 e. The zero-order chi connectivity index (χ0) is 20.1. The molecular formula is C26H34O3. The van der Waals surface area contributed by atoms with Crippen molar-refractivity contribution < 1.29 is 14.2 Å². The SMILES string of the molecule is CCCCCCOc1cc2cc3c(cc2cc1OCCCCCC)C1C=CC3O1. The molecule has 0 spiro atoms. The van der Waals surface area contributed by atoms with Crippen molar-refractivity contribution in [2.75, 3.05) is 13.2 Å². The topological polar surface area (TPSA) is 27.7 Å². The van der Waals surface area contributed by atoms with E-state index in [1.165, 1.54) is 60.4 Å². The van der Waals surface area contributed by atoms with Crippen LogP contribution in [0.1, 0.15) is 88.5 Å². The second-order valence-electron chi connectivity index (χ2n) is 8.31. The maximum Gasteiger partial charge on any atom is 0.161 e. The summed E-state index contributed by atoms with van der Waals surface area (Å²) in [6.45, 7) is 5.97. The summed E-state index contributed by atoms with van der Waals surface area (Å²) in [5.41, 5.74) is 2.60. The second-order valence-corrected chi connectivity index (χ2v) is 8.31. The van der Waals surface area contributed by atoms with Gasteiger partial charge in [0.1, 0.15) is 12.2 Å². The first-order valence-electron chi connectivity index (χ1n) is 11.5. The first-order chi connectivity index (χ1) is 14.3. The van der Waals surface area contributed by atoms with Gasteiger partial charge in [0.15, 0.2) is 11.5 Å². The molecule has 156 valence electrons. The predicted octanol–water partition coefficient (Wildman–Crippen LogP) is 7.44. The Balaban J connectivity index is 1.53. The van der Waals surface area contributed by atoms with E-state index in [1.807, 2.05) is 0 Å². The van der Waals surface area contributed by atoms with Crippen LogP contribution in [0.3, 0.4) is 0 Å². The maximum atomic E-state index is 6.18. The summed E-state index contributed by atoms with van der Waals surface area (Å²) in [4.78, 5) is 0. The molecule has 3 heteroatoms. The Morgan fingerprint density at radius 1 is 0.655 bits per heavy atom. The van der Waals surface area contributed by atoms with Gasteiger partial charge in [-0.05, 0) is 59.0 Å². The molecule has 2 aliphatic heterocycles. The average Bonchev–Trinajstić information content (AvgIpc) is 3.34. The van der Waals surface area contributed by atoms with E-state index in [1.54, 1.807) is 0 Å². The summed E-state index contributed by atoms with van der Waals surface area (Å²) >= 11 is 0. The molecular weight excluding hydrogens is 360 g/mol. The Labute approximate surface area is 175 Å². The summed E-state index contributed by atoms with van der Waals surface area (Å²) in [6, 6.07) is 8.86. The zero-order valence-corrected chi connectivity index (χ0v) is 17.9. The van der Waals surface area contributed by atoms with Crippen molar-refractivity contribution in [3.05, 3.63) is 47.5 Å². The molecule has 0 aromatic heterocycles. The minimum atomic E-state index is 0.118. The number of benzene rings is 2. The number of rotatable bonds is 12. The molecule has 0 radical (unpaired) electrons. The number of hydrogen-bond acceptors (Lipinski definition) is 3. The van der Waals surface area contributed by atoms with E-state index in [9.17, 15) is 0 Å². The summed E-state index contributed by atoms with van der Waals surface area (Å²) in [5.74, 6) is 1.76. The van der Waals surface area contributed by atoms with Gasteiger partial charge in [0.25, 0.3) is 0 Å². The predicted molar refractivity (Wildman–Crippen MR) is 119 cm³/mol. The third-order valence-electron chi connectivity index (χ3n) is 5.98. The minimum absolute atomic E-state index is 0.118. The standard InChI is InChI=1S/C26H34O3/c1-3-5-7-9-13-27-25-17-19-15-21-22(24-12-11-23(21)29-24)16-20(19)18-26(25)28-14-10-8-6-4-2/h11-12,15-18,23-24H,3-10,13-14H2,1-2H3. The Morgan fingerprint density at radius 3 is 1.59 bits per heavy atom. The minimum Gasteiger partial charge on any atom is -0.490 e. The number of fused-ring (bicyclic) bond motifs is 6. The second kappa shape index (κ2) is 9.67. The van der Waals surface area contributed by atoms with Crippen LogP contribution >= 0.6 is 0 Å². The summed E-state index contributed by atoms with van der Waals surface area (Å²) < 4.78 is 18.4. The molecule has 3 nitrogen and oxygen atoms in total. The number of ether oxygens (including phenoxy) is 3. The lowest BCUT2D eigenvalue weighted by molar-refractivity contribution is 0.0879. The van der Waals surface area contributed by atoms with Crippen LogP contribution in [0.4, 0.5) is 0 Å². The highest BCUT2D eigenvalue weighted by Gasteiger charge is 2.33. The third-order valence-corrected chi connectivity index (χ3v) is 5.98. The third kappa shape index (κ3) is 4.61. The van der Waals surface area contributed by atoms with Gasteiger partial charge in [0.05, 0.1) is 13.2 Å². The molecule has 29 heavy (non-hydrogen) atoms. The van der Waals surface area contributed by atoms with Gasteiger partial charge in [0.2, 0.25) is 0 Å². The van der Waals surface area contributed by atoms with Crippen LogP contribution in [-0.2, 0) is 4.74 Å². The molecule has 2 aromatic rings. The molecule has 0 fully saturated rings. The lowest BCUT2D eigenvalue weighted by atomic mass is 9.93. The molecule has 0 amide bonds. The Hall–Kier alpha value is -2.00. The average molecular weight is 395 g/mol. The van der Waals surface area contributed by atoms with E-state index in [0.717, 1.165) is 37.6 Å². The molecule has 2 atom stereocenters. The smallest absolute Gasteiger partial charge is 0.161 e. The van der Waals surface area contributed by atoms with Gasteiger partial charge in [0, 0.05) is 0 Å². The van der Waals surface area contributed by atoms with Crippen LogP contribution in [-0.4, -0.2) is 13.2 Å². The lowest BCUT2D eigenvalue weighted by Gasteiger charge is -2.16. The van der Waals surface area contributed by atoms with Crippen LogP contribution < -0.4 is 9.47 Å². The zero-order valence-electron chi connectivity index (χ0n) is 17.9. The fraction of sp³-hybridized carbons (Fsp3) is 0.538. The van der Waals surface area contributed by atoms with Crippen molar-refractivity contribution in [3.8, 4) is 11.5 Å².